The first-order valence-corrected chi connectivity index (χ1v) is 3.09. The molecule has 0 aromatic rings. The standard InChI is InChI=1S/C7H10N2/c1-2-4-7-8-5-3-6-9-7/h3-6,8H,2H2,1H3/b7-4+. The van der Waals surface area contributed by atoms with E-state index in [4.69, 9.17) is 0 Å². The number of aliphatic imine (C=N–C) groups is 1. The highest BCUT2D eigenvalue weighted by Crippen LogP contribution is 1.95. The van der Waals surface area contributed by atoms with Gasteiger partial charge in [0.25, 0.3) is 0 Å². The zero-order chi connectivity index (χ0) is 6.53. The molecule has 1 aliphatic heterocycles. The zero-order valence-electron chi connectivity index (χ0n) is 5.46. The third-order valence-corrected chi connectivity index (χ3v) is 1.02. The first kappa shape index (κ1) is 6.08. The average Bonchev–Trinajstić information content (AvgIpc) is 1.91. The van der Waals surface area contributed by atoms with E-state index >= 15 is 0 Å². The molecule has 0 saturated carbocycles. The predicted molar refractivity (Wildman–Crippen MR) is 39.1 cm³/mol. The summed E-state index contributed by atoms with van der Waals surface area (Å²) < 4.78 is 0. The number of nitrogens with one attached hydrogen (secondary N) is 1. The summed E-state index contributed by atoms with van der Waals surface area (Å²) in [5.74, 6) is 0.944. The van der Waals surface area contributed by atoms with Gasteiger partial charge >= 0.3 is 0 Å². The Morgan fingerprint density at radius 2 is 2.67 bits per heavy atom. The van der Waals surface area contributed by atoms with Crippen LogP contribution in [0.3, 0.4) is 0 Å². The average molecular weight is 122 g/mol. The van der Waals surface area contributed by atoms with Gasteiger partial charge in [-0.1, -0.05) is 6.92 Å². The second-order valence-corrected chi connectivity index (χ2v) is 1.78. The van der Waals surface area contributed by atoms with E-state index in [2.05, 4.69) is 17.2 Å². The van der Waals surface area contributed by atoms with Crippen molar-refractivity contribution in [3.63, 3.8) is 0 Å². The number of hydrogen-bond donors (Lipinski definition) is 1. The van der Waals surface area contributed by atoms with Crippen LogP contribution in [0.1, 0.15) is 13.3 Å². The molecule has 0 aliphatic carbocycles. The van der Waals surface area contributed by atoms with Gasteiger partial charge in [0, 0.05) is 12.4 Å². The molecule has 9 heavy (non-hydrogen) atoms. The maximum absolute atomic E-state index is 4.06. The van der Waals surface area contributed by atoms with Gasteiger partial charge in [-0.05, 0) is 18.6 Å². The van der Waals surface area contributed by atoms with Crippen LogP contribution in [0.15, 0.2) is 29.2 Å². The van der Waals surface area contributed by atoms with E-state index in [0.717, 1.165) is 12.2 Å². The molecule has 1 N–H and O–H groups in total. The fourth-order valence-corrected chi connectivity index (χ4v) is 0.642. The molecule has 2 heteroatoms. The lowest BCUT2D eigenvalue weighted by Gasteiger charge is -2.02. The van der Waals surface area contributed by atoms with Crippen LogP contribution >= 0.6 is 0 Å². The molecular formula is C7H10N2. The quantitative estimate of drug-likeness (QED) is 0.559. The van der Waals surface area contributed by atoms with Crippen molar-refractivity contribution >= 4 is 6.21 Å². The molecule has 0 unspecified atom stereocenters. The van der Waals surface area contributed by atoms with E-state index in [1.54, 1.807) is 6.21 Å². The molecule has 0 spiro atoms. The number of allylic oxidation sites excluding steroid dienone is 2. The molecule has 0 bridgehead atoms. The fraction of sp³-hybridized carbons (Fsp3) is 0.286. The van der Waals surface area contributed by atoms with E-state index in [9.17, 15) is 0 Å². The molecule has 48 valence electrons. The van der Waals surface area contributed by atoms with E-state index in [1.165, 1.54) is 0 Å². The van der Waals surface area contributed by atoms with Gasteiger partial charge in [0.05, 0.1) is 0 Å². The Hall–Kier alpha value is -1.05. The highest BCUT2D eigenvalue weighted by atomic mass is 15.0. The van der Waals surface area contributed by atoms with Crippen LogP contribution in [0.4, 0.5) is 0 Å². The third-order valence-electron chi connectivity index (χ3n) is 1.02. The van der Waals surface area contributed by atoms with Crippen LogP contribution in [-0.4, -0.2) is 6.21 Å². The van der Waals surface area contributed by atoms with Crippen molar-refractivity contribution in [1.82, 2.24) is 5.32 Å². The zero-order valence-corrected chi connectivity index (χ0v) is 5.46. The summed E-state index contributed by atoms with van der Waals surface area (Å²) in [6.45, 7) is 2.09. The molecule has 2 nitrogen and oxygen atoms in total. The van der Waals surface area contributed by atoms with Gasteiger partial charge in [-0.2, -0.15) is 0 Å². The van der Waals surface area contributed by atoms with Crippen LogP contribution in [-0.2, 0) is 0 Å². The Morgan fingerprint density at radius 3 is 3.22 bits per heavy atom. The first-order valence-electron chi connectivity index (χ1n) is 3.09. The van der Waals surface area contributed by atoms with Gasteiger partial charge < -0.3 is 5.32 Å². The summed E-state index contributed by atoms with van der Waals surface area (Å²) in [5.41, 5.74) is 0. The van der Waals surface area contributed by atoms with E-state index in [0.29, 0.717) is 0 Å². The van der Waals surface area contributed by atoms with Gasteiger partial charge in [-0.3, -0.25) is 0 Å². The number of nitrogens with zero attached hydrogens (tertiary/aromatic N) is 1. The lowest BCUT2D eigenvalue weighted by atomic mass is 10.4. The molecule has 0 saturated heterocycles. The Kier molecular flexibility index (Phi) is 2.07. The van der Waals surface area contributed by atoms with E-state index in [1.807, 2.05) is 18.4 Å². The molecule has 0 aromatic heterocycles. The molecular weight excluding hydrogens is 112 g/mol. The highest BCUT2D eigenvalue weighted by Gasteiger charge is 1.88. The molecule has 1 heterocycles. The lowest BCUT2D eigenvalue weighted by Crippen LogP contribution is -2.05. The van der Waals surface area contributed by atoms with Crippen LogP contribution in [0.5, 0.6) is 0 Å². The van der Waals surface area contributed by atoms with Gasteiger partial charge in [0.1, 0.15) is 5.82 Å². The maximum Gasteiger partial charge on any atom is 0.125 e. The lowest BCUT2D eigenvalue weighted by molar-refractivity contribution is 0.990. The SMILES string of the molecule is CC/C=C1/N=CC=CN1. The minimum absolute atomic E-state index is 0.944. The Morgan fingerprint density at radius 1 is 1.78 bits per heavy atom. The molecule has 1 aliphatic rings. The third kappa shape index (κ3) is 1.72. The Bertz CT molecular complexity index is 166. The molecule has 0 atom stereocenters. The monoisotopic (exact) mass is 122 g/mol. The van der Waals surface area contributed by atoms with E-state index in [-0.39, 0.29) is 0 Å². The predicted octanol–water partition coefficient (Wildman–Crippen LogP) is 1.43. The van der Waals surface area contributed by atoms with Crippen molar-refractivity contribution < 1.29 is 0 Å². The maximum atomic E-state index is 4.06. The normalized spacial score (nSPS) is 20.3. The molecule has 1 rings (SSSR count). The van der Waals surface area contributed by atoms with Crippen LogP contribution in [0.25, 0.3) is 0 Å². The van der Waals surface area contributed by atoms with Crippen molar-refractivity contribution in [2.45, 2.75) is 13.3 Å². The van der Waals surface area contributed by atoms with Crippen LogP contribution < -0.4 is 5.32 Å². The van der Waals surface area contributed by atoms with Crippen LogP contribution in [0, 0.1) is 0 Å². The minimum atomic E-state index is 0.944. The Balaban J connectivity index is 2.55. The van der Waals surface area contributed by atoms with Gasteiger partial charge in [0.15, 0.2) is 0 Å². The second kappa shape index (κ2) is 3.07. The Labute approximate surface area is 55.0 Å². The first-order chi connectivity index (χ1) is 4.43. The minimum Gasteiger partial charge on any atom is -0.347 e. The number of rotatable bonds is 1. The second-order valence-electron chi connectivity index (χ2n) is 1.78. The number of hydrogen-bond acceptors (Lipinski definition) is 2. The molecule has 0 radical (unpaired) electrons. The van der Waals surface area contributed by atoms with Crippen molar-refractivity contribution in [1.29, 1.82) is 0 Å². The topological polar surface area (TPSA) is 24.4 Å². The van der Waals surface area contributed by atoms with Gasteiger partial charge in [0.2, 0.25) is 0 Å². The molecule has 0 amide bonds. The summed E-state index contributed by atoms with van der Waals surface area (Å²) in [4.78, 5) is 4.06. The summed E-state index contributed by atoms with van der Waals surface area (Å²) in [6.07, 6.45) is 8.58. The largest absolute Gasteiger partial charge is 0.347 e. The summed E-state index contributed by atoms with van der Waals surface area (Å²) in [6, 6.07) is 0. The van der Waals surface area contributed by atoms with Crippen molar-refractivity contribution in [3.05, 3.63) is 24.2 Å². The highest BCUT2D eigenvalue weighted by molar-refractivity contribution is 5.73. The molecule has 0 fully saturated rings. The van der Waals surface area contributed by atoms with E-state index < -0.39 is 0 Å². The summed E-state index contributed by atoms with van der Waals surface area (Å²) in [5, 5.41) is 3.00. The fourth-order valence-electron chi connectivity index (χ4n) is 0.642. The summed E-state index contributed by atoms with van der Waals surface area (Å²) >= 11 is 0. The summed E-state index contributed by atoms with van der Waals surface area (Å²) in [7, 11) is 0. The smallest absolute Gasteiger partial charge is 0.125 e. The van der Waals surface area contributed by atoms with Crippen molar-refractivity contribution in [3.8, 4) is 0 Å². The van der Waals surface area contributed by atoms with Gasteiger partial charge in [-0.25, -0.2) is 4.99 Å². The van der Waals surface area contributed by atoms with Crippen LogP contribution in [0.2, 0.25) is 0 Å². The van der Waals surface area contributed by atoms with Crippen molar-refractivity contribution in [2.24, 2.45) is 4.99 Å². The molecule has 0 aromatic carbocycles. The van der Waals surface area contributed by atoms with Gasteiger partial charge in [-0.15, -0.1) is 0 Å². The van der Waals surface area contributed by atoms with Crippen molar-refractivity contribution in [2.75, 3.05) is 0 Å².